The van der Waals surface area contributed by atoms with Gasteiger partial charge in [0.05, 0.1) is 7.11 Å². The fourth-order valence-electron chi connectivity index (χ4n) is 1.39. The van der Waals surface area contributed by atoms with Crippen LogP contribution in [-0.4, -0.2) is 17.2 Å². The Balaban J connectivity index is 2.31. The molecule has 0 radical (unpaired) electrons. The smallest absolute Gasteiger partial charge is 0.165 e. The maximum Gasteiger partial charge on any atom is 0.165 e. The molecule has 1 aromatic heterocycles. The van der Waals surface area contributed by atoms with Gasteiger partial charge in [0.1, 0.15) is 15.7 Å². The van der Waals surface area contributed by atoms with E-state index in [1.807, 2.05) is 0 Å². The Bertz CT molecular complexity index is 532. The van der Waals surface area contributed by atoms with Crippen LogP contribution < -0.4 is 4.74 Å². The van der Waals surface area contributed by atoms with Crippen molar-refractivity contribution in [3.8, 4) is 5.75 Å². The Hall–Kier alpha value is -0.980. The van der Waals surface area contributed by atoms with E-state index in [0.717, 1.165) is 0 Å². The third kappa shape index (κ3) is 2.65. The first-order valence-electron chi connectivity index (χ1n) is 4.74. The van der Waals surface area contributed by atoms with Gasteiger partial charge in [-0.05, 0) is 33.6 Å². The number of aromatic nitrogens is 1. The Morgan fingerprint density at radius 1 is 1.53 bits per heavy atom. The molecule has 2 rings (SSSR count). The van der Waals surface area contributed by atoms with E-state index in [1.54, 1.807) is 11.4 Å². The molecule has 1 aromatic carbocycles. The van der Waals surface area contributed by atoms with Crippen LogP contribution >= 0.6 is 27.3 Å². The summed E-state index contributed by atoms with van der Waals surface area (Å²) in [6, 6.07) is 4.34. The number of thiazole rings is 1. The zero-order chi connectivity index (χ0) is 12.4. The maximum absolute atomic E-state index is 13.5. The van der Waals surface area contributed by atoms with Gasteiger partial charge in [-0.2, -0.15) is 0 Å². The monoisotopic (exact) mass is 317 g/mol. The molecule has 90 valence electrons. The lowest BCUT2D eigenvalue weighted by Gasteiger charge is -2.09. The topological polar surface area (TPSA) is 42.4 Å². The molecule has 1 unspecified atom stereocenters. The molecule has 1 atom stereocenters. The van der Waals surface area contributed by atoms with Gasteiger partial charge >= 0.3 is 0 Å². The zero-order valence-corrected chi connectivity index (χ0v) is 11.3. The molecule has 0 spiro atoms. The number of hydrogen-bond acceptors (Lipinski definition) is 4. The first-order chi connectivity index (χ1) is 8.11. The van der Waals surface area contributed by atoms with Crippen LogP contribution in [0.4, 0.5) is 4.39 Å². The lowest BCUT2D eigenvalue weighted by molar-refractivity contribution is 0.219. The van der Waals surface area contributed by atoms with Crippen molar-refractivity contribution in [2.24, 2.45) is 0 Å². The minimum Gasteiger partial charge on any atom is -0.494 e. The van der Waals surface area contributed by atoms with Crippen molar-refractivity contribution in [2.75, 3.05) is 7.11 Å². The van der Waals surface area contributed by atoms with Gasteiger partial charge in [0, 0.05) is 5.38 Å². The van der Waals surface area contributed by atoms with Crippen LogP contribution in [0.1, 0.15) is 16.7 Å². The van der Waals surface area contributed by atoms with Gasteiger partial charge in [-0.1, -0.05) is 6.07 Å². The summed E-state index contributed by atoms with van der Waals surface area (Å²) in [5.41, 5.74) is 0.449. The SMILES string of the molecule is COc1ccc(C(O)c2nc(Br)cs2)cc1F. The summed E-state index contributed by atoms with van der Waals surface area (Å²) in [6.07, 6.45) is -0.924. The largest absolute Gasteiger partial charge is 0.494 e. The van der Waals surface area contributed by atoms with Crippen molar-refractivity contribution in [2.45, 2.75) is 6.10 Å². The molecule has 17 heavy (non-hydrogen) atoms. The second-order valence-corrected chi connectivity index (χ2v) is 5.01. The van der Waals surface area contributed by atoms with E-state index in [1.165, 1.54) is 30.6 Å². The number of ether oxygens (including phenoxy) is 1. The predicted octanol–water partition coefficient (Wildman–Crippen LogP) is 3.14. The van der Waals surface area contributed by atoms with Gasteiger partial charge in [-0.15, -0.1) is 11.3 Å². The standard InChI is InChI=1S/C11H9BrFNO2S/c1-16-8-3-2-6(4-7(8)13)10(15)11-14-9(12)5-17-11/h2-5,10,15H,1H3. The van der Waals surface area contributed by atoms with E-state index in [4.69, 9.17) is 4.74 Å². The average Bonchev–Trinajstić information content (AvgIpc) is 2.75. The van der Waals surface area contributed by atoms with E-state index in [0.29, 0.717) is 15.2 Å². The van der Waals surface area contributed by atoms with Crippen molar-refractivity contribution in [1.29, 1.82) is 0 Å². The fourth-order valence-corrected chi connectivity index (χ4v) is 2.66. The number of methoxy groups -OCH3 is 1. The van der Waals surface area contributed by atoms with E-state index < -0.39 is 11.9 Å². The van der Waals surface area contributed by atoms with Crippen LogP contribution in [0.3, 0.4) is 0 Å². The molecule has 0 fully saturated rings. The molecule has 6 heteroatoms. The summed E-state index contributed by atoms with van der Waals surface area (Å²) in [6.45, 7) is 0. The molecule has 0 bridgehead atoms. The van der Waals surface area contributed by atoms with Crippen molar-refractivity contribution in [3.63, 3.8) is 0 Å². The molecule has 0 aliphatic carbocycles. The molecule has 1 heterocycles. The molecule has 0 amide bonds. The maximum atomic E-state index is 13.5. The van der Waals surface area contributed by atoms with Crippen molar-refractivity contribution in [1.82, 2.24) is 4.98 Å². The van der Waals surface area contributed by atoms with Crippen molar-refractivity contribution >= 4 is 27.3 Å². The Kier molecular flexibility index (Phi) is 3.76. The van der Waals surface area contributed by atoms with Crippen LogP contribution in [0.5, 0.6) is 5.75 Å². The van der Waals surface area contributed by atoms with E-state index in [2.05, 4.69) is 20.9 Å². The normalized spacial score (nSPS) is 12.5. The van der Waals surface area contributed by atoms with Gasteiger partial charge in [-0.25, -0.2) is 9.37 Å². The number of nitrogens with zero attached hydrogens (tertiary/aromatic N) is 1. The highest BCUT2D eigenvalue weighted by Crippen LogP contribution is 2.29. The van der Waals surface area contributed by atoms with Crippen LogP contribution in [0.25, 0.3) is 0 Å². The van der Waals surface area contributed by atoms with Crippen molar-refractivity contribution in [3.05, 3.63) is 44.6 Å². The fraction of sp³-hybridized carbons (Fsp3) is 0.182. The summed E-state index contributed by atoms with van der Waals surface area (Å²) < 4.78 is 18.9. The Morgan fingerprint density at radius 3 is 2.82 bits per heavy atom. The van der Waals surface area contributed by atoms with Crippen LogP contribution in [0.15, 0.2) is 28.2 Å². The molecule has 0 saturated carbocycles. The number of hydrogen-bond donors (Lipinski definition) is 1. The highest BCUT2D eigenvalue weighted by atomic mass is 79.9. The van der Waals surface area contributed by atoms with Gasteiger partial charge < -0.3 is 9.84 Å². The summed E-state index contributed by atoms with van der Waals surface area (Å²) in [5.74, 6) is -0.346. The number of aliphatic hydroxyl groups is 1. The quantitative estimate of drug-likeness (QED) is 0.945. The highest BCUT2D eigenvalue weighted by Gasteiger charge is 2.16. The average molecular weight is 318 g/mol. The summed E-state index contributed by atoms with van der Waals surface area (Å²) >= 11 is 4.51. The van der Waals surface area contributed by atoms with Crippen LogP contribution in [0.2, 0.25) is 0 Å². The van der Waals surface area contributed by atoms with Crippen LogP contribution in [-0.2, 0) is 0 Å². The Labute approximate surface area is 110 Å². The van der Waals surface area contributed by atoms with Gasteiger partial charge in [0.25, 0.3) is 0 Å². The predicted molar refractivity (Wildman–Crippen MR) is 66.8 cm³/mol. The second kappa shape index (κ2) is 5.12. The first kappa shape index (κ1) is 12.5. The highest BCUT2D eigenvalue weighted by molar-refractivity contribution is 9.10. The van der Waals surface area contributed by atoms with Gasteiger partial charge in [0.2, 0.25) is 0 Å². The number of aliphatic hydroxyl groups excluding tert-OH is 1. The first-order valence-corrected chi connectivity index (χ1v) is 6.41. The molecule has 0 aliphatic rings. The number of rotatable bonds is 3. The van der Waals surface area contributed by atoms with E-state index >= 15 is 0 Å². The zero-order valence-electron chi connectivity index (χ0n) is 8.85. The van der Waals surface area contributed by atoms with Crippen molar-refractivity contribution < 1.29 is 14.2 Å². The van der Waals surface area contributed by atoms with E-state index in [9.17, 15) is 9.50 Å². The van der Waals surface area contributed by atoms with E-state index in [-0.39, 0.29) is 5.75 Å². The third-order valence-corrected chi connectivity index (χ3v) is 3.83. The minimum absolute atomic E-state index is 0.154. The Morgan fingerprint density at radius 2 is 2.29 bits per heavy atom. The molecule has 3 nitrogen and oxygen atoms in total. The molecule has 1 N–H and O–H groups in total. The number of benzene rings is 1. The number of halogens is 2. The summed E-state index contributed by atoms with van der Waals surface area (Å²) in [4.78, 5) is 4.09. The van der Waals surface area contributed by atoms with Crippen LogP contribution in [0, 0.1) is 5.82 Å². The lowest BCUT2D eigenvalue weighted by atomic mass is 10.1. The second-order valence-electron chi connectivity index (χ2n) is 3.30. The minimum atomic E-state index is -0.924. The third-order valence-electron chi connectivity index (χ3n) is 2.22. The van der Waals surface area contributed by atoms with Gasteiger partial charge in [-0.3, -0.25) is 0 Å². The molecule has 0 aliphatic heterocycles. The molecular weight excluding hydrogens is 309 g/mol. The molecule has 2 aromatic rings. The molecular formula is C11H9BrFNO2S. The van der Waals surface area contributed by atoms with Gasteiger partial charge in [0.15, 0.2) is 11.6 Å². The lowest BCUT2D eigenvalue weighted by Crippen LogP contribution is -2.00. The summed E-state index contributed by atoms with van der Waals surface area (Å²) in [5, 5.41) is 12.3. The molecule has 0 saturated heterocycles. The summed E-state index contributed by atoms with van der Waals surface area (Å²) in [7, 11) is 1.40.